The van der Waals surface area contributed by atoms with E-state index in [2.05, 4.69) is 16.4 Å². The van der Waals surface area contributed by atoms with Crippen LogP contribution >= 0.6 is 22.7 Å². The maximum Gasteiger partial charge on any atom is 0.240 e. The number of aromatic nitrogens is 1. The van der Waals surface area contributed by atoms with Crippen molar-refractivity contribution in [3.63, 3.8) is 0 Å². The van der Waals surface area contributed by atoms with Crippen molar-refractivity contribution in [3.05, 3.63) is 38.5 Å². The highest BCUT2D eigenvalue weighted by Crippen LogP contribution is 2.24. The molecule has 1 aliphatic rings. The summed E-state index contributed by atoms with van der Waals surface area (Å²) in [5.41, 5.74) is 0.963. The molecule has 122 valence electrons. The zero-order valence-corrected chi connectivity index (χ0v) is 14.6. The van der Waals surface area contributed by atoms with Crippen molar-refractivity contribution >= 4 is 34.5 Å². The number of nitrogens with zero attached hydrogens (tertiary/aromatic N) is 2. The quantitative estimate of drug-likeness (QED) is 0.872. The lowest BCUT2D eigenvalue weighted by molar-refractivity contribution is -0.133. The Bertz CT molecular complexity index is 681. The van der Waals surface area contributed by atoms with Gasteiger partial charge in [0.1, 0.15) is 5.01 Å². The number of aryl methyl sites for hydroxylation is 1. The summed E-state index contributed by atoms with van der Waals surface area (Å²) in [6.07, 6.45) is 2.12. The molecule has 5 nitrogen and oxygen atoms in total. The minimum Gasteiger partial charge on any atom is -0.345 e. The first-order valence-electron chi connectivity index (χ1n) is 7.63. The van der Waals surface area contributed by atoms with Crippen molar-refractivity contribution in [1.29, 1.82) is 0 Å². The van der Waals surface area contributed by atoms with Gasteiger partial charge in [0.2, 0.25) is 11.8 Å². The van der Waals surface area contributed by atoms with Gasteiger partial charge in [-0.2, -0.15) is 0 Å². The van der Waals surface area contributed by atoms with Crippen molar-refractivity contribution in [2.24, 2.45) is 0 Å². The highest BCUT2D eigenvalue weighted by atomic mass is 32.1. The lowest BCUT2D eigenvalue weighted by Crippen LogP contribution is -2.39. The van der Waals surface area contributed by atoms with E-state index in [1.165, 1.54) is 4.88 Å². The number of thiophene rings is 1. The van der Waals surface area contributed by atoms with Crippen LogP contribution in [0.15, 0.2) is 22.9 Å². The number of thiazole rings is 1. The summed E-state index contributed by atoms with van der Waals surface area (Å²) < 4.78 is 0. The second-order valence-electron chi connectivity index (χ2n) is 5.65. The van der Waals surface area contributed by atoms with Crippen molar-refractivity contribution < 1.29 is 9.59 Å². The van der Waals surface area contributed by atoms with E-state index in [4.69, 9.17) is 0 Å². The molecule has 23 heavy (non-hydrogen) atoms. The Balaban J connectivity index is 1.67. The summed E-state index contributed by atoms with van der Waals surface area (Å²) in [6.45, 7) is 2.77. The van der Waals surface area contributed by atoms with Gasteiger partial charge in [-0.05, 0) is 24.8 Å². The van der Waals surface area contributed by atoms with E-state index >= 15 is 0 Å². The summed E-state index contributed by atoms with van der Waals surface area (Å²) in [6, 6.07) is 3.93. The van der Waals surface area contributed by atoms with Gasteiger partial charge in [0, 0.05) is 35.3 Å². The molecular weight excluding hydrogens is 330 g/mol. The molecule has 2 aromatic heterocycles. The van der Waals surface area contributed by atoms with Crippen molar-refractivity contribution in [2.75, 3.05) is 13.1 Å². The summed E-state index contributed by atoms with van der Waals surface area (Å²) >= 11 is 3.24. The second-order valence-corrected chi connectivity index (χ2v) is 7.57. The van der Waals surface area contributed by atoms with Crippen LogP contribution in [0.1, 0.15) is 34.5 Å². The Hall–Kier alpha value is -1.73. The highest BCUT2D eigenvalue weighted by Gasteiger charge is 2.25. The van der Waals surface area contributed by atoms with E-state index in [1.54, 1.807) is 27.6 Å². The summed E-state index contributed by atoms with van der Waals surface area (Å²) in [7, 11) is 0. The van der Waals surface area contributed by atoms with Gasteiger partial charge < -0.3 is 10.2 Å². The monoisotopic (exact) mass is 349 g/mol. The van der Waals surface area contributed by atoms with Gasteiger partial charge in [0.05, 0.1) is 12.6 Å². The molecule has 0 aromatic carbocycles. The van der Waals surface area contributed by atoms with Crippen molar-refractivity contribution in [3.8, 4) is 0 Å². The van der Waals surface area contributed by atoms with E-state index in [1.807, 2.05) is 23.8 Å². The van der Waals surface area contributed by atoms with Crippen molar-refractivity contribution in [1.82, 2.24) is 15.2 Å². The first-order valence-corrected chi connectivity index (χ1v) is 9.39. The highest BCUT2D eigenvalue weighted by molar-refractivity contribution is 7.10. The minimum atomic E-state index is -0.141. The number of hydrogen-bond acceptors (Lipinski definition) is 5. The molecule has 0 aliphatic carbocycles. The normalized spacial score (nSPS) is 15.9. The molecule has 2 amide bonds. The molecule has 0 saturated carbocycles. The molecule has 1 N–H and O–H groups in total. The van der Waals surface area contributed by atoms with Crippen LogP contribution in [0.5, 0.6) is 0 Å². The second kappa shape index (κ2) is 7.23. The molecule has 1 saturated heterocycles. The number of amides is 2. The third-order valence-corrected chi connectivity index (χ3v) is 5.74. The fourth-order valence-electron chi connectivity index (χ4n) is 2.65. The average molecular weight is 349 g/mol. The van der Waals surface area contributed by atoms with Crippen LogP contribution in [-0.4, -0.2) is 34.8 Å². The average Bonchev–Trinajstić information content (AvgIpc) is 3.23. The number of nitrogens with one attached hydrogen (secondary N) is 1. The Labute approximate surface area is 143 Å². The number of carbonyl (C=O) groups excluding carboxylic acids is 2. The van der Waals surface area contributed by atoms with Gasteiger partial charge in [-0.3, -0.25) is 9.59 Å². The number of carbonyl (C=O) groups is 2. The third kappa shape index (κ3) is 4.17. The van der Waals surface area contributed by atoms with Crippen LogP contribution in [0.25, 0.3) is 0 Å². The van der Waals surface area contributed by atoms with Crippen LogP contribution < -0.4 is 5.32 Å². The Kier molecular flexibility index (Phi) is 5.07. The molecule has 1 fully saturated rings. The van der Waals surface area contributed by atoms with Crippen LogP contribution in [0.3, 0.4) is 0 Å². The van der Waals surface area contributed by atoms with E-state index < -0.39 is 0 Å². The minimum absolute atomic E-state index is 0.0695. The zero-order valence-electron chi connectivity index (χ0n) is 12.9. The maximum atomic E-state index is 12.3. The summed E-state index contributed by atoms with van der Waals surface area (Å²) in [5, 5.41) is 7.99. The van der Waals surface area contributed by atoms with Gasteiger partial charge >= 0.3 is 0 Å². The fraction of sp³-hybridized carbons (Fsp3) is 0.438. The molecule has 3 heterocycles. The molecule has 0 bridgehead atoms. The molecule has 2 aromatic rings. The Morgan fingerprint density at radius 1 is 1.48 bits per heavy atom. The standard InChI is InChI=1S/C16H19N3O2S2/c1-11-10-23-16(17-11)13(8-12-4-3-7-22-12)18-14(20)9-19-6-2-5-15(19)21/h3-4,7,10,13H,2,5-6,8-9H2,1H3,(H,18,20)/t13-/m1/s1. The molecular formula is C16H19N3O2S2. The Morgan fingerprint density at radius 3 is 2.96 bits per heavy atom. The van der Waals surface area contributed by atoms with E-state index in [0.717, 1.165) is 23.5 Å². The van der Waals surface area contributed by atoms with E-state index in [9.17, 15) is 9.59 Å². The first kappa shape index (κ1) is 16.1. The lowest BCUT2D eigenvalue weighted by atomic mass is 10.2. The first-order chi connectivity index (χ1) is 11.1. The third-order valence-electron chi connectivity index (χ3n) is 3.76. The smallest absolute Gasteiger partial charge is 0.240 e. The predicted molar refractivity (Wildman–Crippen MR) is 91.6 cm³/mol. The van der Waals surface area contributed by atoms with Gasteiger partial charge in [0.15, 0.2) is 0 Å². The summed E-state index contributed by atoms with van der Waals surface area (Å²) in [5.74, 6) is -0.0466. The number of hydrogen-bond donors (Lipinski definition) is 1. The lowest BCUT2D eigenvalue weighted by Gasteiger charge is -2.19. The van der Waals surface area contributed by atoms with Crippen LogP contribution in [0.4, 0.5) is 0 Å². The van der Waals surface area contributed by atoms with E-state index in [-0.39, 0.29) is 24.4 Å². The SMILES string of the molecule is Cc1csc([C@@H](Cc2cccs2)NC(=O)CN2CCCC2=O)n1. The Morgan fingerprint density at radius 2 is 2.35 bits per heavy atom. The molecule has 0 spiro atoms. The van der Waals surface area contributed by atoms with E-state index in [0.29, 0.717) is 13.0 Å². The predicted octanol–water partition coefficient (Wildman–Crippen LogP) is 2.54. The fourth-order valence-corrected chi connectivity index (χ4v) is 4.25. The van der Waals surface area contributed by atoms with Crippen LogP contribution in [-0.2, 0) is 16.0 Å². The van der Waals surface area contributed by atoms with Crippen molar-refractivity contribution in [2.45, 2.75) is 32.2 Å². The molecule has 7 heteroatoms. The molecule has 1 aliphatic heterocycles. The molecule has 3 rings (SSSR count). The van der Waals surface area contributed by atoms with Gasteiger partial charge in [0.25, 0.3) is 0 Å². The molecule has 0 unspecified atom stereocenters. The number of likely N-dealkylation sites (tertiary alicyclic amines) is 1. The van der Waals surface area contributed by atoms with Crippen LogP contribution in [0.2, 0.25) is 0 Å². The van der Waals surface area contributed by atoms with Gasteiger partial charge in [-0.1, -0.05) is 6.07 Å². The van der Waals surface area contributed by atoms with Crippen LogP contribution in [0, 0.1) is 6.92 Å². The largest absolute Gasteiger partial charge is 0.345 e. The number of rotatable bonds is 6. The van der Waals surface area contributed by atoms with Gasteiger partial charge in [-0.15, -0.1) is 22.7 Å². The molecule has 1 atom stereocenters. The van der Waals surface area contributed by atoms with Gasteiger partial charge in [-0.25, -0.2) is 4.98 Å². The summed E-state index contributed by atoms with van der Waals surface area (Å²) in [4.78, 5) is 31.4. The maximum absolute atomic E-state index is 12.3. The zero-order chi connectivity index (χ0) is 16.2. The topological polar surface area (TPSA) is 62.3 Å². The molecule has 0 radical (unpaired) electrons.